The van der Waals surface area contributed by atoms with Crippen molar-refractivity contribution in [2.24, 2.45) is 5.92 Å². The molecule has 0 unspecified atom stereocenters. The average Bonchev–Trinajstić information content (AvgIpc) is 3.30. The number of piperazine rings is 1. The van der Waals surface area contributed by atoms with E-state index in [4.69, 9.17) is 4.98 Å². The molecule has 1 aromatic rings. The maximum atomic E-state index is 12.6. The zero-order chi connectivity index (χ0) is 17.2. The van der Waals surface area contributed by atoms with E-state index in [1.165, 1.54) is 30.6 Å². The summed E-state index contributed by atoms with van der Waals surface area (Å²) in [5.74, 6) is 0.931. The lowest BCUT2D eigenvalue weighted by atomic mass is 10.0. The second-order valence-electron chi connectivity index (χ2n) is 7.52. The third-order valence-corrected chi connectivity index (χ3v) is 6.94. The van der Waals surface area contributed by atoms with Crippen molar-refractivity contribution >= 4 is 22.4 Å². The van der Waals surface area contributed by atoms with E-state index in [0.717, 1.165) is 49.8 Å². The Hall–Kier alpha value is -1.18. The fourth-order valence-corrected chi connectivity index (χ4v) is 5.50. The number of nitrogens with one attached hydrogen (secondary N) is 1. The average molecular weight is 365 g/mol. The molecule has 1 amide bonds. The number of fused-ring (bicyclic) bond motifs is 1. The predicted octanol–water partition coefficient (Wildman–Crippen LogP) is 1.38. The quantitative estimate of drug-likeness (QED) is 0.845. The van der Waals surface area contributed by atoms with Gasteiger partial charge in [0.1, 0.15) is 0 Å². The Balaban J connectivity index is 1.42. The van der Waals surface area contributed by atoms with Crippen LogP contribution in [0.5, 0.6) is 0 Å². The third kappa shape index (κ3) is 3.68. The standard InChI is InChI=1S/C18H28N4O2S/c23-12-14-10-19-6-8-22(14)18-20-15-5-7-21(11-16(15)25-18)17(24)9-13-3-1-2-4-13/h13-14,19,23H,1-12H2/t14-/m1/s1. The van der Waals surface area contributed by atoms with Gasteiger partial charge in [-0.1, -0.05) is 24.2 Å². The number of hydrogen-bond donors (Lipinski definition) is 2. The van der Waals surface area contributed by atoms with E-state index in [1.807, 2.05) is 4.90 Å². The molecule has 25 heavy (non-hydrogen) atoms. The van der Waals surface area contributed by atoms with Gasteiger partial charge in [0.05, 0.1) is 24.9 Å². The van der Waals surface area contributed by atoms with Crippen LogP contribution in [0.15, 0.2) is 0 Å². The minimum atomic E-state index is 0.0986. The van der Waals surface area contributed by atoms with E-state index in [9.17, 15) is 9.90 Å². The Bertz CT molecular complexity index is 614. The van der Waals surface area contributed by atoms with E-state index >= 15 is 0 Å². The lowest BCUT2D eigenvalue weighted by Crippen LogP contribution is -2.53. The largest absolute Gasteiger partial charge is 0.394 e. The molecule has 7 heteroatoms. The highest BCUT2D eigenvalue weighted by Gasteiger charge is 2.30. The van der Waals surface area contributed by atoms with Crippen molar-refractivity contribution in [3.63, 3.8) is 0 Å². The number of carbonyl (C=O) groups excluding carboxylic acids is 1. The monoisotopic (exact) mass is 364 g/mol. The maximum Gasteiger partial charge on any atom is 0.223 e. The van der Waals surface area contributed by atoms with Crippen LogP contribution in [0.4, 0.5) is 5.13 Å². The molecule has 1 saturated carbocycles. The van der Waals surface area contributed by atoms with Crippen LogP contribution in [0, 0.1) is 5.92 Å². The molecule has 0 aromatic carbocycles. The number of anilines is 1. The summed E-state index contributed by atoms with van der Waals surface area (Å²) >= 11 is 1.71. The molecule has 2 N–H and O–H groups in total. The summed E-state index contributed by atoms with van der Waals surface area (Å²) in [6, 6.07) is 0.0986. The molecular weight excluding hydrogens is 336 g/mol. The number of amides is 1. The van der Waals surface area contributed by atoms with E-state index in [0.29, 0.717) is 18.4 Å². The van der Waals surface area contributed by atoms with E-state index < -0.39 is 0 Å². The van der Waals surface area contributed by atoms with Crippen LogP contribution in [-0.4, -0.2) is 59.7 Å². The van der Waals surface area contributed by atoms with Gasteiger partial charge in [-0.15, -0.1) is 0 Å². The molecule has 3 aliphatic rings. The van der Waals surface area contributed by atoms with Crippen LogP contribution in [0.25, 0.3) is 0 Å². The molecule has 6 nitrogen and oxygen atoms in total. The zero-order valence-corrected chi connectivity index (χ0v) is 15.6. The summed E-state index contributed by atoms with van der Waals surface area (Å²) in [7, 11) is 0. The van der Waals surface area contributed by atoms with Crippen molar-refractivity contribution in [1.82, 2.24) is 15.2 Å². The Morgan fingerprint density at radius 2 is 2.16 bits per heavy atom. The summed E-state index contributed by atoms with van der Waals surface area (Å²) in [6.07, 6.45) is 6.61. The van der Waals surface area contributed by atoms with Gasteiger partial charge < -0.3 is 20.2 Å². The Labute approximate surface area is 153 Å². The van der Waals surface area contributed by atoms with Gasteiger partial charge in [-0.2, -0.15) is 0 Å². The molecule has 0 radical (unpaired) electrons. The number of hydrogen-bond acceptors (Lipinski definition) is 6. The molecule has 4 rings (SSSR count). The third-order valence-electron chi connectivity index (χ3n) is 5.82. The summed E-state index contributed by atoms with van der Waals surface area (Å²) in [6.45, 7) is 4.26. The van der Waals surface area contributed by atoms with Gasteiger partial charge in [-0.05, 0) is 18.8 Å². The van der Waals surface area contributed by atoms with Crippen molar-refractivity contribution in [3.05, 3.63) is 10.6 Å². The number of carbonyl (C=O) groups is 1. The van der Waals surface area contributed by atoms with Crippen LogP contribution in [-0.2, 0) is 17.8 Å². The highest BCUT2D eigenvalue weighted by molar-refractivity contribution is 7.15. The number of aromatic nitrogens is 1. The van der Waals surface area contributed by atoms with Crippen molar-refractivity contribution in [3.8, 4) is 0 Å². The Kier molecular flexibility index (Phi) is 5.24. The molecule has 1 atom stereocenters. The van der Waals surface area contributed by atoms with Crippen molar-refractivity contribution in [1.29, 1.82) is 0 Å². The minimum Gasteiger partial charge on any atom is -0.394 e. The molecule has 2 aliphatic heterocycles. The van der Waals surface area contributed by atoms with Crippen LogP contribution in [0.2, 0.25) is 0 Å². The molecule has 2 fully saturated rings. The normalized spacial score (nSPS) is 24.6. The molecule has 1 aromatic heterocycles. The minimum absolute atomic E-state index is 0.0986. The number of aliphatic hydroxyl groups is 1. The lowest BCUT2D eigenvalue weighted by Gasteiger charge is -2.34. The van der Waals surface area contributed by atoms with Gasteiger partial charge in [0, 0.05) is 43.9 Å². The highest BCUT2D eigenvalue weighted by Crippen LogP contribution is 2.33. The van der Waals surface area contributed by atoms with Crippen molar-refractivity contribution in [2.45, 2.75) is 51.1 Å². The summed E-state index contributed by atoms with van der Waals surface area (Å²) < 4.78 is 0. The molecular formula is C18H28N4O2S. The van der Waals surface area contributed by atoms with Crippen LogP contribution in [0.3, 0.4) is 0 Å². The molecule has 3 heterocycles. The van der Waals surface area contributed by atoms with E-state index in [1.54, 1.807) is 11.3 Å². The first kappa shape index (κ1) is 17.2. The zero-order valence-electron chi connectivity index (χ0n) is 14.7. The van der Waals surface area contributed by atoms with Crippen LogP contribution in [0.1, 0.15) is 42.7 Å². The summed E-state index contributed by atoms with van der Waals surface area (Å²) in [4.78, 5) is 23.0. The Morgan fingerprint density at radius 1 is 1.32 bits per heavy atom. The number of rotatable bonds is 4. The smallest absolute Gasteiger partial charge is 0.223 e. The first-order valence-electron chi connectivity index (χ1n) is 9.59. The molecule has 0 spiro atoms. The van der Waals surface area contributed by atoms with Crippen LogP contribution < -0.4 is 10.2 Å². The summed E-state index contributed by atoms with van der Waals surface area (Å²) in [5.41, 5.74) is 1.15. The lowest BCUT2D eigenvalue weighted by molar-refractivity contribution is -0.133. The van der Waals surface area contributed by atoms with E-state index in [2.05, 4.69) is 10.2 Å². The molecule has 1 aliphatic carbocycles. The van der Waals surface area contributed by atoms with Crippen LogP contribution >= 0.6 is 11.3 Å². The van der Waals surface area contributed by atoms with Gasteiger partial charge in [-0.25, -0.2) is 4.98 Å². The highest BCUT2D eigenvalue weighted by atomic mass is 32.1. The van der Waals surface area contributed by atoms with E-state index in [-0.39, 0.29) is 12.6 Å². The second kappa shape index (κ2) is 7.60. The number of nitrogens with zero attached hydrogens (tertiary/aromatic N) is 3. The van der Waals surface area contributed by atoms with Gasteiger partial charge in [0.25, 0.3) is 0 Å². The first-order chi connectivity index (χ1) is 12.2. The predicted molar refractivity (Wildman–Crippen MR) is 98.9 cm³/mol. The van der Waals surface area contributed by atoms with Crippen molar-refractivity contribution in [2.75, 3.05) is 37.7 Å². The molecule has 0 bridgehead atoms. The topological polar surface area (TPSA) is 68.7 Å². The fourth-order valence-electron chi connectivity index (χ4n) is 4.28. The van der Waals surface area contributed by atoms with Gasteiger partial charge in [0.2, 0.25) is 5.91 Å². The van der Waals surface area contributed by atoms with Gasteiger partial charge >= 0.3 is 0 Å². The van der Waals surface area contributed by atoms with Gasteiger partial charge in [-0.3, -0.25) is 4.79 Å². The SMILES string of the molecule is O=C(CC1CCCC1)N1CCc2nc(N3CCNC[C@@H]3CO)sc2C1. The van der Waals surface area contributed by atoms with Gasteiger partial charge in [0.15, 0.2) is 5.13 Å². The number of aliphatic hydroxyl groups excluding tert-OH is 1. The van der Waals surface area contributed by atoms with Crippen molar-refractivity contribution < 1.29 is 9.90 Å². The summed E-state index contributed by atoms with van der Waals surface area (Å²) in [5, 5.41) is 14.0. The second-order valence-corrected chi connectivity index (χ2v) is 8.58. The molecule has 1 saturated heterocycles. The number of thiazole rings is 1. The maximum absolute atomic E-state index is 12.6. The first-order valence-corrected chi connectivity index (χ1v) is 10.4. The Morgan fingerprint density at radius 3 is 2.96 bits per heavy atom. The fraction of sp³-hybridized carbons (Fsp3) is 0.778. The molecule has 138 valence electrons.